The Kier molecular flexibility index (Phi) is 7.46. The average molecular weight is 436 g/mol. The molecule has 0 bridgehead atoms. The summed E-state index contributed by atoms with van der Waals surface area (Å²) in [7, 11) is 1.57. The van der Waals surface area contributed by atoms with Crippen molar-refractivity contribution in [2.24, 2.45) is 0 Å². The van der Waals surface area contributed by atoms with Crippen LogP contribution in [0.4, 0.5) is 5.69 Å². The number of hydrogen-bond donors (Lipinski definition) is 0. The van der Waals surface area contributed by atoms with Gasteiger partial charge in [-0.05, 0) is 37.3 Å². The lowest BCUT2D eigenvalue weighted by molar-refractivity contribution is -0.142. The van der Waals surface area contributed by atoms with Crippen LogP contribution in [0, 0.1) is 11.3 Å². The number of benzene rings is 2. The first-order valence-electron chi connectivity index (χ1n) is 9.58. The number of hydrogen-bond acceptors (Lipinski definition) is 7. The molecule has 0 aliphatic carbocycles. The Hall–Kier alpha value is -3.57. The molecular formula is C23H21N3O4S. The van der Waals surface area contributed by atoms with Crippen molar-refractivity contribution in [1.82, 2.24) is 4.98 Å². The molecule has 3 aromatic rings. The Morgan fingerprint density at radius 2 is 1.94 bits per heavy atom. The normalized spacial score (nSPS) is 10.4. The highest BCUT2D eigenvalue weighted by Crippen LogP contribution is 2.27. The standard InChI is InChI=1S/C23H21N3O4S/c1-3-30-22(28)14-26(18-7-5-4-6-8-18)21(27)15-31-23-17(13-24)11-16-9-10-19(29-2)12-20(16)25-23/h4-12H,3,14-15H2,1-2H3. The number of nitriles is 1. The van der Waals surface area contributed by atoms with Crippen molar-refractivity contribution in [2.75, 3.05) is 30.9 Å². The second-order valence-electron chi connectivity index (χ2n) is 6.42. The SMILES string of the molecule is CCOC(=O)CN(C(=O)CSc1nc2cc(OC)ccc2cc1C#N)c1ccccc1. The Balaban J connectivity index is 1.83. The molecule has 0 aliphatic heterocycles. The molecule has 2 aromatic carbocycles. The first-order chi connectivity index (χ1) is 15.0. The van der Waals surface area contributed by atoms with Crippen LogP contribution in [0.1, 0.15) is 12.5 Å². The van der Waals surface area contributed by atoms with E-state index in [-0.39, 0.29) is 24.8 Å². The van der Waals surface area contributed by atoms with Crippen molar-refractivity contribution >= 4 is 40.2 Å². The molecule has 0 aliphatic rings. The lowest BCUT2D eigenvalue weighted by atomic mass is 10.1. The zero-order valence-electron chi connectivity index (χ0n) is 17.2. The summed E-state index contributed by atoms with van der Waals surface area (Å²) >= 11 is 1.15. The molecule has 0 N–H and O–H groups in total. The van der Waals surface area contributed by atoms with Gasteiger partial charge in [0.2, 0.25) is 5.91 Å². The summed E-state index contributed by atoms with van der Waals surface area (Å²) in [6, 6.07) is 18.2. The molecule has 8 heteroatoms. The van der Waals surface area contributed by atoms with E-state index in [0.717, 1.165) is 17.1 Å². The zero-order valence-corrected chi connectivity index (χ0v) is 18.0. The van der Waals surface area contributed by atoms with Crippen LogP contribution in [0.5, 0.6) is 5.75 Å². The molecule has 1 amide bonds. The van der Waals surface area contributed by atoms with Gasteiger partial charge in [-0.2, -0.15) is 5.26 Å². The number of anilines is 1. The van der Waals surface area contributed by atoms with Gasteiger partial charge in [0, 0.05) is 17.1 Å². The fourth-order valence-electron chi connectivity index (χ4n) is 2.92. The Morgan fingerprint density at radius 1 is 1.16 bits per heavy atom. The van der Waals surface area contributed by atoms with E-state index in [0.29, 0.717) is 27.5 Å². The maximum Gasteiger partial charge on any atom is 0.326 e. The van der Waals surface area contributed by atoms with Gasteiger partial charge in [0.25, 0.3) is 0 Å². The van der Waals surface area contributed by atoms with Crippen LogP contribution in [-0.4, -0.2) is 42.9 Å². The summed E-state index contributed by atoms with van der Waals surface area (Å²) in [6.45, 7) is 1.76. The van der Waals surface area contributed by atoms with Gasteiger partial charge in [-0.3, -0.25) is 9.59 Å². The van der Waals surface area contributed by atoms with Crippen molar-refractivity contribution in [3.05, 3.63) is 60.2 Å². The third-order valence-electron chi connectivity index (χ3n) is 4.40. The molecule has 0 spiro atoms. The molecule has 31 heavy (non-hydrogen) atoms. The molecule has 158 valence electrons. The predicted molar refractivity (Wildman–Crippen MR) is 119 cm³/mol. The molecule has 0 saturated heterocycles. The maximum absolute atomic E-state index is 13.0. The summed E-state index contributed by atoms with van der Waals surface area (Å²) in [5.41, 5.74) is 1.64. The molecule has 7 nitrogen and oxygen atoms in total. The lowest BCUT2D eigenvalue weighted by Gasteiger charge is -2.21. The molecule has 0 atom stereocenters. The van der Waals surface area contributed by atoms with Gasteiger partial charge in [-0.25, -0.2) is 4.98 Å². The number of aromatic nitrogens is 1. The minimum absolute atomic E-state index is 0.00541. The highest BCUT2D eigenvalue weighted by molar-refractivity contribution is 8.00. The fourth-order valence-corrected chi connectivity index (χ4v) is 3.76. The van der Waals surface area contributed by atoms with Gasteiger partial charge < -0.3 is 14.4 Å². The summed E-state index contributed by atoms with van der Waals surface area (Å²) in [5.74, 6) is -0.119. The molecule has 0 fully saturated rings. The van der Waals surface area contributed by atoms with Crippen LogP contribution in [0.2, 0.25) is 0 Å². The summed E-state index contributed by atoms with van der Waals surface area (Å²) in [6.07, 6.45) is 0. The molecule has 3 rings (SSSR count). The topological polar surface area (TPSA) is 92.5 Å². The molecule has 0 radical (unpaired) electrons. The second-order valence-corrected chi connectivity index (χ2v) is 7.38. The number of carbonyl (C=O) groups excluding carboxylic acids is 2. The maximum atomic E-state index is 13.0. The van der Waals surface area contributed by atoms with Crippen molar-refractivity contribution in [1.29, 1.82) is 5.26 Å². The quantitative estimate of drug-likeness (QED) is 0.392. The number of rotatable bonds is 8. The van der Waals surface area contributed by atoms with E-state index in [4.69, 9.17) is 9.47 Å². The Bertz CT molecular complexity index is 1130. The third kappa shape index (κ3) is 5.53. The van der Waals surface area contributed by atoms with Crippen LogP contribution in [0.25, 0.3) is 10.9 Å². The van der Waals surface area contributed by atoms with Crippen LogP contribution >= 0.6 is 11.8 Å². The van der Waals surface area contributed by atoms with Crippen LogP contribution in [0.3, 0.4) is 0 Å². The molecule has 1 heterocycles. The molecule has 0 unspecified atom stereocenters. The van der Waals surface area contributed by atoms with Crippen LogP contribution < -0.4 is 9.64 Å². The van der Waals surface area contributed by atoms with Crippen molar-refractivity contribution < 1.29 is 19.1 Å². The fraction of sp³-hybridized carbons (Fsp3) is 0.217. The average Bonchev–Trinajstić information content (AvgIpc) is 2.80. The van der Waals surface area contributed by atoms with Gasteiger partial charge >= 0.3 is 5.97 Å². The van der Waals surface area contributed by atoms with E-state index in [1.54, 1.807) is 56.5 Å². The highest BCUT2D eigenvalue weighted by atomic mass is 32.2. The van der Waals surface area contributed by atoms with Gasteiger partial charge in [-0.15, -0.1) is 0 Å². The van der Waals surface area contributed by atoms with E-state index in [9.17, 15) is 14.9 Å². The number of methoxy groups -OCH3 is 1. The summed E-state index contributed by atoms with van der Waals surface area (Å²) in [5, 5.41) is 10.8. The predicted octanol–water partition coefficient (Wildman–Crippen LogP) is 3.80. The van der Waals surface area contributed by atoms with E-state index < -0.39 is 5.97 Å². The Morgan fingerprint density at radius 3 is 2.61 bits per heavy atom. The van der Waals surface area contributed by atoms with Crippen molar-refractivity contribution in [3.8, 4) is 11.8 Å². The smallest absolute Gasteiger partial charge is 0.326 e. The minimum atomic E-state index is -0.488. The van der Waals surface area contributed by atoms with Crippen LogP contribution in [0.15, 0.2) is 59.6 Å². The number of fused-ring (bicyclic) bond motifs is 1. The number of carbonyl (C=O) groups is 2. The Labute approximate surface area is 184 Å². The van der Waals surface area contributed by atoms with Gasteiger partial charge in [0.05, 0.1) is 30.5 Å². The van der Waals surface area contributed by atoms with Gasteiger partial charge in [-0.1, -0.05) is 30.0 Å². The number of nitrogens with zero attached hydrogens (tertiary/aromatic N) is 3. The highest BCUT2D eigenvalue weighted by Gasteiger charge is 2.21. The first kappa shape index (κ1) is 22.1. The van der Waals surface area contributed by atoms with E-state index in [1.807, 2.05) is 12.1 Å². The number of pyridine rings is 1. The number of thioether (sulfide) groups is 1. The number of para-hydroxylation sites is 1. The first-order valence-corrected chi connectivity index (χ1v) is 10.6. The number of amides is 1. The largest absolute Gasteiger partial charge is 0.497 e. The number of ether oxygens (including phenoxy) is 2. The van der Waals surface area contributed by atoms with Crippen molar-refractivity contribution in [2.45, 2.75) is 11.9 Å². The summed E-state index contributed by atoms with van der Waals surface area (Å²) in [4.78, 5) is 30.9. The van der Waals surface area contributed by atoms with E-state index in [2.05, 4.69) is 11.1 Å². The zero-order chi connectivity index (χ0) is 22.2. The lowest BCUT2D eigenvalue weighted by Crippen LogP contribution is -2.37. The third-order valence-corrected chi connectivity index (χ3v) is 5.38. The van der Waals surface area contributed by atoms with Gasteiger partial charge in [0.15, 0.2) is 0 Å². The molecule has 0 saturated carbocycles. The van der Waals surface area contributed by atoms with Crippen LogP contribution in [-0.2, 0) is 14.3 Å². The number of esters is 1. The second kappa shape index (κ2) is 10.5. The van der Waals surface area contributed by atoms with E-state index >= 15 is 0 Å². The molecular weight excluding hydrogens is 414 g/mol. The van der Waals surface area contributed by atoms with Gasteiger partial charge in [0.1, 0.15) is 23.4 Å². The van der Waals surface area contributed by atoms with Crippen molar-refractivity contribution in [3.63, 3.8) is 0 Å². The van der Waals surface area contributed by atoms with E-state index in [1.165, 1.54) is 4.90 Å². The molecule has 1 aromatic heterocycles. The minimum Gasteiger partial charge on any atom is -0.497 e. The summed E-state index contributed by atoms with van der Waals surface area (Å²) < 4.78 is 10.2. The monoisotopic (exact) mass is 435 g/mol.